The van der Waals surface area contributed by atoms with E-state index in [1.165, 1.54) is 19.9 Å². The van der Waals surface area contributed by atoms with Gasteiger partial charge in [-0.3, -0.25) is 9.59 Å². The van der Waals surface area contributed by atoms with Gasteiger partial charge in [-0.25, -0.2) is 4.79 Å². The lowest BCUT2D eigenvalue weighted by Gasteiger charge is -2.15. The van der Waals surface area contributed by atoms with Gasteiger partial charge in [-0.2, -0.15) is 0 Å². The standard InChI is InChI=1S/C22H23NO4/c1-14-10-11-19(12-15(14)2)21(25)16(3)27-22(26)20(23-17(4)24)13-18-8-6-5-7-9-18/h5-13,16H,1-4H3,(H,23,24)/b20-13-. The Morgan fingerprint density at radius 2 is 1.67 bits per heavy atom. The summed E-state index contributed by atoms with van der Waals surface area (Å²) in [7, 11) is 0. The van der Waals surface area contributed by atoms with E-state index in [9.17, 15) is 14.4 Å². The van der Waals surface area contributed by atoms with Crippen molar-refractivity contribution >= 4 is 23.7 Å². The predicted molar refractivity (Wildman–Crippen MR) is 104 cm³/mol. The second-order valence-corrected chi connectivity index (χ2v) is 6.36. The van der Waals surface area contributed by atoms with E-state index in [1.54, 1.807) is 24.3 Å². The highest BCUT2D eigenvalue weighted by atomic mass is 16.5. The molecule has 5 heteroatoms. The Kier molecular flexibility index (Phi) is 6.66. The van der Waals surface area contributed by atoms with Crippen LogP contribution in [-0.4, -0.2) is 23.8 Å². The number of benzene rings is 2. The summed E-state index contributed by atoms with van der Waals surface area (Å²) in [6.07, 6.45) is 0.532. The van der Waals surface area contributed by atoms with E-state index in [4.69, 9.17) is 4.74 Å². The molecule has 2 aromatic rings. The Labute approximate surface area is 159 Å². The SMILES string of the molecule is CC(=O)N/C(=C\c1ccccc1)C(=O)OC(C)C(=O)c1ccc(C)c(C)c1. The number of rotatable bonds is 6. The zero-order valence-corrected chi connectivity index (χ0v) is 15.9. The summed E-state index contributed by atoms with van der Waals surface area (Å²) in [5, 5.41) is 2.47. The second-order valence-electron chi connectivity index (χ2n) is 6.36. The number of carbonyl (C=O) groups excluding carboxylic acids is 3. The first-order valence-corrected chi connectivity index (χ1v) is 8.64. The van der Waals surface area contributed by atoms with Crippen molar-refractivity contribution in [2.75, 3.05) is 0 Å². The highest BCUT2D eigenvalue weighted by molar-refractivity contribution is 6.03. The molecule has 0 saturated heterocycles. The molecule has 1 atom stereocenters. The van der Waals surface area contributed by atoms with E-state index in [1.807, 2.05) is 38.1 Å². The number of Topliss-reactive ketones (excluding diaryl/α,β-unsaturated/α-hetero) is 1. The molecule has 0 spiro atoms. The van der Waals surface area contributed by atoms with Crippen molar-refractivity contribution in [2.45, 2.75) is 33.8 Å². The van der Waals surface area contributed by atoms with E-state index in [0.717, 1.165) is 16.7 Å². The summed E-state index contributed by atoms with van der Waals surface area (Å²) in [6, 6.07) is 14.4. The van der Waals surface area contributed by atoms with Crippen LogP contribution in [0.15, 0.2) is 54.2 Å². The quantitative estimate of drug-likeness (QED) is 0.482. The van der Waals surface area contributed by atoms with Gasteiger partial charge >= 0.3 is 5.97 Å². The predicted octanol–water partition coefficient (Wildman–Crippen LogP) is 3.60. The molecule has 0 heterocycles. The van der Waals surface area contributed by atoms with E-state index in [2.05, 4.69) is 5.32 Å². The molecule has 27 heavy (non-hydrogen) atoms. The van der Waals surface area contributed by atoms with Crippen LogP contribution in [-0.2, 0) is 14.3 Å². The van der Waals surface area contributed by atoms with Crippen LogP contribution < -0.4 is 5.32 Å². The van der Waals surface area contributed by atoms with Gasteiger partial charge in [-0.1, -0.05) is 42.5 Å². The number of amides is 1. The maximum absolute atomic E-state index is 12.6. The number of ketones is 1. The molecule has 140 valence electrons. The molecule has 1 unspecified atom stereocenters. The van der Waals surface area contributed by atoms with Crippen molar-refractivity contribution < 1.29 is 19.1 Å². The maximum Gasteiger partial charge on any atom is 0.355 e. The smallest absolute Gasteiger partial charge is 0.355 e. The van der Waals surface area contributed by atoms with Crippen molar-refractivity contribution in [2.24, 2.45) is 0 Å². The minimum atomic E-state index is -0.979. The molecule has 1 amide bonds. The molecule has 2 aromatic carbocycles. The first-order valence-electron chi connectivity index (χ1n) is 8.64. The Balaban J connectivity index is 2.18. The fraction of sp³-hybridized carbons (Fsp3) is 0.227. The molecule has 0 aliphatic rings. The molecule has 0 aromatic heterocycles. The summed E-state index contributed by atoms with van der Waals surface area (Å²) < 4.78 is 5.30. The first-order chi connectivity index (χ1) is 12.8. The van der Waals surface area contributed by atoms with Crippen molar-refractivity contribution in [1.29, 1.82) is 0 Å². The molecule has 0 aliphatic heterocycles. The van der Waals surface area contributed by atoms with Gasteiger partial charge in [0.25, 0.3) is 0 Å². The topological polar surface area (TPSA) is 72.5 Å². The third-order valence-corrected chi connectivity index (χ3v) is 4.09. The highest BCUT2D eigenvalue weighted by Crippen LogP contribution is 2.14. The lowest BCUT2D eigenvalue weighted by Crippen LogP contribution is -2.31. The summed E-state index contributed by atoms with van der Waals surface area (Å²) in [6.45, 7) is 6.69. The van der Waals surface area contributed by atoms with Gasteiger partial charge in [-0.05, 0) is 49.6 Å². The maximum atomic E-state index is 12.6. The second kappa shape index (κ2) is 8.94. The fourth-order valence-corrected chi connectivity index (χ4v) is 2.46. The lowest BCUT2D eigenvalue weighted by atomic mass is 10.0. The fourth-order valence-electron chi connectivity index (χ4n) is 2.46. The minimum absolute atomic E-state index is 0.0200. The average molecular weight is 365 g/mol. The number of hydrogen-bond acceptors (Lipinski definition) is 4. The van der Waals surface area contributed by atoms with Crippen LogP contribution in [0.3, 0.4) is 0 Å². The van der Waals surface area contributed by atoms with Crippen molar-refractivity contribution in [1.82, 2.24) is 5.32 Å². The Morgan fingerprint density at radius 3 is 2.26 bits per heavy atom. The van der Waals surface area contributed by atoms with Gasteiger partial charge in [0.2, 0.25) is 11.7 Å². The van der Waals surface area contributed by atoms with Gasteiger partial charge in [0.15, 0.2) is 6.10 Å². The number of aryl methyl sites for hydroxylation is 2. The number of nitrogens with one attached hydrogen (secondary N) is 1. The van der Waals surface area contributed by atoms with E-state index in [0.29, 0.717) is 5.56 Å². The molecule has 0 aliphatic carbocycles. The van der Waals surface area contributed by atoms with E-state index >= 15 is 0 Å². The van der Waals surface area contributed by atoms with Gasteiger partial charge in [0, 0.05) is 12.5 Å². The van der Waals surface area contributed by atoms with Gasteiger partial charge in [0.1, 0.15) is 5.70 Å². The Morgan fingerprint density at radius 1 is 1.00 bits per heavy atom. The van der Waals surface area contributed by atoms with Gasteiger partial charge in [-0.15, -0.1) is 0 Å². The summed E-state index contributed by atoms with van der Waals surface area (Å²) in [4.78, 5) is 36.5. The van der Waals surface area contributed by atoms with Crippen LogP contribution in [0.2, 0.25) is 0 Å². The van der Waals surface area contributed by atoms with E-state index < -0.39 is 18.0 Å². The lowest BCUT2D eigenvalue weighted by molar-refractivity contribution is -0.142. The number of ether oxygens (including phenoxy) is 1. The van der Waals surface area contributed by atoms with Crippen LogP contribution in [0.25, 0.3) is 6.08 Å². The van der Waals surface area contributed by atoms with Crippen molar-refractivity contribution in [3.05, 3.63) is 76.5 Å². The van der Waals surface area contributed by atoms with Crippen LogP contribution in [0, 0.1) is 13.8 Å². The Hall–Kier alpha value is -3.21. The third-order valence-electron chi connectivity index (χ3n) is 4.09. The summed E-state index contributed by atoms with van der Waals surface area (Å²) >= 11 is 0. The molecular formula is C22H23NO4. The molecule has 1 N–H and O–H groups in total. The molecule has 0 radical (unpaired) electrons. The normalized spacial score (nSPS) is 12.2. The zero-order chi connectivity index (χ0) is 20.0. The van der Waals surface area contributed by atoms with Crippen molar-refractivity contribution in [3.63, 3.8) is 0 Å². The number of esters is 1. The van der Waals surface area contributed by atoms with Gasteiger partial charge in [0.05, 0.1) is 0 Å². The molecule has 0 bridgehead atoms. The summed E-state index contributed by atoms with van der Waals surface area (Å²) in [5.74, 6) is -1.46. The summed E-state index contributed by atoms with van der Waals surface area (Å²) in [5.41, 5.74) is 3.25. The molecular weight excluding hydrogens is 342 g/mol. The highest BCUT2D eigenvalue weighted by Gasteiger charge is 2.22. The largest absolute Gasteiger partial charge is 0.450 e. The van der Waals surface area contributed by atoms with Crippen molar-refractivity contribution in [3.8, 4) is 0 Å². The Bertz CT molecular complexity index is 884. The van der Waals surface area contributed by atoms with Crippen LogP contribution in [0.4, 0.5) is 0 Å². The van der Waals surface area contributed by atoms with Crippen LogP contribution >= 0.6 is 0 Å². The zero-order valence-electron chi connectivity index (χ0n) is 15.9. The van der Waals surface area contributed by atoms with E-state index in [-0.39, 0.29) is 11.5 Å². The molecule has 5 nitrogen and oxygen atoms in total. The minimum Gasteiger partial charge on any atom is -0.450 e. The molecule has 2 rings (SSSR count). The first kappa shape index (κ1) is 20.1. The monoisotopic (exact) mass is 365 g/mol. The third kappa shape index (κ3) is 5.64. The average Bonchev–Trinajstić information content (AvgIpc) is 2.63. The molecule has 0 fully saturated rings. The number of hydrogen-bond donors (Lipinski definition) is 1. The van der Waals surface area contributed by atoms with Crippen LogP contribution in [0.5, 0.6) is 0 Å². The number of carbonyl (C=O) groups is 3. The van der Waals surface area contributed by atoms with Gasteiger partial charge < -0.3 is 10.1 Å². The van der Waals surface area contributed by atoms with Crippen LogP contribution in [0.1, 0.15) is 40.9 Å². The molecule has 0 saturated carbocycles.